The molecule has 92 valence electrons. The second-order valence-electron chi connectivity index (χ2n) is 3.67. The average Bonchev–Trinajstić information content (AvgIpc) is 2.27. The molecule has 2 atom stereocenters. The molecule has 0 saturated carbocycles. The summed E-state index contributed by atoms with van der Waals surface area (Å²) in [4.78, 5) is 21.6. The first-order valence-corrected chi connectivity index (χ1v) is 4.84. The summed E-state index contributed by atoms with van der Waals surface area (Å²) in [5.74, 6) is -2.22. The quantitative estimate of drug-likeness (QED) is 0.568. The van der Waals surface area contributed by atoms with E-state index >= 15 is 0 Å². The van der Waals surface area contributed by atoms with Gasteiger partial charge in [-0.1, -0.05) is 12.1 Å². The Kier molecular flexibility index (Phi) is 3.82. The van der Waals surface area contributed by atoms with Crippen LogP contribution in [0.3, 0.4) is 0 Å². The van der Waals surface area contributed by atoms with Gasteiger partial charge < -0.3 is 21.1 Å². The third-order valence-corrected chi connectivity index (χ3v) is 2.42. The van der Waals surface area contributed by atoms with Crippen molar-refractivity contribution >= 4 is 11.9 Å². The van der Waals surface area contributed by atoms with E-state index in [9.17, 15) is 19.8 Å². The minimum absolute atomic E-state index is 0.00165. The van der Waals surface area contributed by atoms with E-state index in [1.165, 1.54) is 18.2 Å². The number of nitrogens with two attached hydrogens (primary N) is 1. The van der Waals surface area contributed by atoms with Crippen molar-refractivity contribution in [2.75, 3.05) is 0 Å². The molecule has 0 radical (unpaired) electrons. The minimum atomic E-state index is -1.76. The summed E-state index contributed by atoms with van der Waals surface area (Å²) < 4.78 is 0. The fraction of sp³-hybridized carbons (Fsp3) is 0.273. The van der Waals surface area contributed by atoms with Crippen LogP contribution in [-0.2, 0) is 4.79 Å². The van der Waals surface area contributed by atoms with Crippen LogP contribution in [0.5, 0.6) is 0 Å². The lowest BCUT2D eigenvalue weighted by molar-refractivity contribution is -0.131. The molecular formula is C11H13NO5. The SMILES string of the molecule is Cc1ccc(C(O)C(O)C(N)=O)cc1C(=O)O. The molecule has 0 aromatic heterocycles. The van der Waals surface area contributed by atoms with Gasteiger partial charge in [-0.05, 0) is 24.1 Å². The van der Waals surface area contributed by atoms with Crippen LogP contribution >= 0.6 is 0 Å². The number of amides is 1. The summed E-state index contributed by atoms with van der Waals surface area (Å²) >= 11 is 0. The summed E-state index contributed by atoms with van der Waals surface area (Å²) in [6.07, 6.45) is -3.30. The Bertz CT molecular complexity index is 457. The lowest BCUT2D eigenvalue weighted by Gasteiger charge is -2.16. The number of aliphatic hydroxyl groups is 2. The number of hydrogen-bond donors (Lipinski definition) is 4. The Morgan fingerprint density at radius 3 is 2.35 bits per heavy atom. The maximum Gasteiger partial charge on any atom is 0.335 e. The van der Waals surface area contributed by atoms with Crippen molar-refractivity contribution in [2.24, 2.45) is 5.73 Å². The van der Waals surface area contributed by atoms with Crippen LogP contribution < -0.4 is 5.73 Å². The molecule has 5 N–H and O–H groups in total. The molecule has 0 aliphatic rings. The summed E-state index contributed by atoms with van der Waals surface area (Å²) in [6.45, 7) is 1.60. The fourth-order valence-electron chi connectivity index (χ4n) is 1.39. The number of carboxylic acid groups (broad SMARTS) is 1. The van der Waals surface area contributed by atoms with Crippen molar-refractivity contribution in [2.45, 2.75) is 19.1 Å². The number of carbonyl (C=O) groups excluding carboxylic acids is 1. The molecule has 0 heterocycles. The zero-order valence-electron chi connectivity index (χ0n) is 9.12. The van der Waals surface area contributed by atoms with E-state index < -0.39 is 24.1 Å². The van der Waals surface area contributed by atoms with Crippen LogP contribution in [0, 0.1) is 6.92 Å². The molecule has 2 unspecified atom stereocenters. The third kappa shape index (κ3) is 2.80. The van der Waals surface area contributed by atoms with Crippen LogP contribution in [0.25, 0.3) is 0 Å². The summed E-state index contributed by atoms with van der Waals surface area (Å²) in [7, 11) is 0. The molecule has 1 aromatic carbocycles. The van der Waals surface area contributed by atoms with Gasteiger partial charge in [0, 0.05) is 0 Å². The van der Waals surface area contributed by atoms with Gasteiger partial charge in [0.05, 0.1) is 5.56 Å². The van der Waals surface area contributed by atoms with Crippen molar-refractivity contribution in [3.63, 3.8) is 0 Å². The van der Waals surface area contributed by atoms with Gasteiger partial charge in [-0.25, -0.2) is 4.79 Å². The number of aromatic carboxylic acids is 1. The lowest BCUT2D eigenvalue weighted by atomic mass is 9.98. The van der Waals surface area contributed by atoms with Crippen LogP contribution in [0.2, 0.25) is 0 Å². The van der Waals surface area contributed by atoms with Gasteiger partial charge in [-0.15, -0.1) is 0 Å². The van der Waals surface area contributed by atoms with Crippen LogP contribution in [0.15, 0.2) is 18.2 Å². The number of carboxylic acids is 1. The molecule has 0 saturated heterocycles. The zero-order valence-corrected chi connectivity index (χ0v) is 9.12. The predicted octanol–water partition coefficient (Wildman–Crippen LogP) is -0.427. The van der Waals surface area contributed by atoms with E-state index in [0.717, 1.165) is 0 Å². The van der Waals surface area contributed by atoms with Gasteiger partial charge in [0.2, 0.25) is 5.91 Å². The van der Waals surface area contributed by atoms with E-state index in [1.54, 1.807) is 6.92 Å². The predicted molar refractivity (Wildman–Crippen MR) is 58.3 cm³/mol. The summed E-state index contributed by atoms with van der Waals surface area (Å²) in [6, 6.07) is 4.11. The summed E-state index contributed by atoms with van der Waals surface area (Å²) in [5.41, 5.74) is 5.48. The van der Waals surface area contributed by atoms with E-state index in [0.29, 0.717) is 5.56 Å². The number of aliphatic hydroxyl groups excluding tert-OH is 2. The Labute approximate surface area is 97.3 Å². The van der Waals surface area contributed by atoms with Crippen molar-refractivity contribution in [3.8, 4) is 0 Å². The second-order valence-corrected chi connectivity index (χ2v) is 3.67. The van der Waals surface area contributed by atoms with Gasteiger partial charge in [0.25, 0.3) is 0 Å². The number of hydrogen-bond acceptors (Lipinski definition) is 4. The topological polar surface area (TPSA) is 121 Å². The Morgan fingerprint density at radius 1 is 1.29 bits per heavy atom. The number of carbonyl (C=O) groups is 2. The fourth-order valence-corrected chi connectivity index (χ4v) is 1.39. The normalized spacial score (nSPS) is 14.1. The highest BCUT2D eigenvalue weighted by Gasteiger charge is 2.24. The van der Waals surface area contributed by atoms with E-state index in [2.05, 4.69) is 0 Å². The van der Waals surface area contributed by atoms with E-state index in [4.69, 9.17) is 10.8 Å². The number of primary amides is 1. The summed E-state index contributed by atoms with van der Waals surface area (Å²) in [5, 5.41) is 27.8. The molecule has 6 nitrogen and oxygen atoms in total. The van der Waals surface area contributed by atoms with Crippen LogP contribution in [0.1, 0.15) is 27.6 Å². The van der Waals surface area contributed by atoms with Gasteiger partial charge >= 0.3 is 5.97 Å². The Hall–Kier alpha value is -1.92. The first-order chi connectivity index (χ1) is 7.84. The van der Waals surface area contributed by atoms with Crippen LogP contribution in [-0.4, -0.2) is 33.3 Å². The molecule has 0 aliphatic carbocycles. The molecule has 17 heavy (non-hydrogen) atoms. The van der Waals surface area contributed by atoms with Gasteiger partial charge in [-0.3, -0.25) is 4.79 Å². The maximum atomic E-state index is 10.9. The largest absolute Gasteiger partial charge is 0.478 e. The van der Waals surface area contributed by atoms with Crippen molar-refractivity contribution in [1.29, 1.82) is 0 Å². The second kappa shape index (κ2) is 4.94. The first kappa shape index (κ1) is 13.1. The molecule has 1 amide bonds. The smallest absolute Gasteiger partial charge is 0.335 e. The molecule has 1 rings (SSSR count). The van der Waals surface area contributed by atoms with Crippen molar-refractivity contribution in [1.82, 2.24) is 0 Å². The number of benzene rings is 1. The molecular weight excluding hydrogens is 226 g/mol. The van der Waals surface area contributed by atoms with Crippen molar-refractivity contribution < 1.29 is 24.9 Å². The Balaban J connectivity index is 3.11. The maximum absolute atomic E-state index is 10.9. The van der Waals surface area contributed by atoms with E-state index in [-0.39, 0.29) is 11.1 Å². The molecule has 1 aromatic rings. The average molecular weight is 239 g/mol. The number of rotatable bonds is 4. The lowest BCUT2D eigenvalue weighted by Crippen LogP contribution is -2.33. The molecule has 0 bridgehead atoms. The van der Waals surface area contributed by atoms with Gasteiger partial charge in [0.1, 0.15) is 6.10 Å². The molecule has 0 fully saturated rings. The number of aryl methyl sites for hydroxylation is 1. The molecule has 6 heteroatoms. The first-order valence-electron chi connectivity index (χ1n) is 4.84. The highest BCUT2D eigenvalue weighted by Crippen LogP contribution is 2.20. The zero-order chi connectivity index (χ0) is 13.2. The highest BCUT2D eigenvalue weighted by atomic mass is 16.4. The van der Waals surface area contributed by atoms with Gasteiger partial charge in [0.15, 0.2) is 6.10 Å². The van der Waals surface area contributed by atoms with E-state index in [1.807, 2.05) is 0 Å². The standard InChI is InChI=1S/C11H13NO5/c1-5-2-3-6(4-7(5)11(16)17)8(13)9(14)10(12)15/h2-4,8-9,13-14H,1H3,(H2,12,15)(H,16,17). The minimum Gasteiger partial charge on any atom is -0.478 e. The van der Waals surface area contributed by atoms with Crippen LogP contribution in [0.4, 0.5) is 0 Å². The highest BCUT2D eigenvalue weighted by molar-refractivity contribution is 5.89. The molecule has 0 aliphatic heterocycles. The van der Waals surface area contributed by atoms with Gasteiger partial charge in [-0.2, -0.15) is 0 Å². The molecule has 0 spiro atoms. The Morgan fingerprint density at radius 2 is 1.88 bits per heavy atom. The van der Waals surface area contributed by atoms with Crippen molar-refractivity contribution in [3.05, 3.63) is 34.9 Å². The monoisotopic (exact) mass is 239 g/mol. The third-order valence-electron chi connectivity index (χ3n) is 2.42.